The smallest absolute Gasteiger partial charge is 0.355 e. The summed E-state index contributed by atoms with van der Waals surface area (Å²) in [6.07, 6.45) is 7.21. The summed E-state index contributed by atoms with van der Waals surface area (Å²) in [7, 11) is 0. The summed E-state index contributed by atoms with van der Waals surface area (Å²) in [5.74, 6) is -0.661. The van der Waals surface area contributed by atoms with Gasteiger partial charge in [0.2, 0.25) is 5.91 Å². The number of carbonyl (C=O) groups is 3. The Kier molecular flexibility index (Phi) is 4.80. The molecule has 2 amide bonds. The van der Waals surface area contributed by atoms with Crippen molar-refractivity contribution < 1.29 is 19.5 Å². The lowest BCUT2D eigenvalue weighted by Crippen LogP contribution is -2.29. The molecule has 158 valence electrons. The number of fused-ring (bicyclic) bond motifs is 1. The van der Waals surface area contributed by atoms with Crippen LogP contribution < -0.4 is 10.6 Å². The van der Waals surface area contributed by atoms with E-state index < -0.39 is 5.97 Å². The highest BCUT2D eigenvalue weighted by molar-refractivity contribution is 7.17. The van der Waals surface area contributed by atoms with Crippen LogP contribution in [0.2, 0.25) is 0 Å². The van der Waals surface area contributed by atoms with Gasteiger partial charge in [-0.3, -0.25) is 9.59 Å². The van der Waals surface area contributed by atoms with Crippen LogP contribution in [0.4, 0.5) is 5.00 Å². The van der Waals surface area contributed by atoms with Crippen molar-refractivity contribution in [3.8, 4) is 0 Å². The predicted molar refractivity (Wildman–Crippen MR) is 109 cm³/mol. The summed E-state index contributed by atoms with van der Waals surface area (Å²) in [4.78, 5) is 38.0. The monoisotopic (exact) mass is 429 g/mol. The molecule has 3 aliphatic carbocycles. The van der Waals surface area contributed by atoms with Crippen molar-refractivity contribution in [3.63, 3.8) is 0 Å². The predicted octanol–water partition coefficient (Wildman–Crippen LogP) is 2.26. The lowest BCUT2D eigenvalue weighted by molar-refractivity contribution is -0.117. The average Bonchev–Trinajstić information content (AvgIpc) is 3.64. The number of hydrogen-bond donors (Lipinski definition) is 3. The van der Waals surface area contributed by atoms with Gasteiger partial charge >= 0.3 is 5.97 Å². The Bertz CT molecular complexity index is 1020. The van der Waals surface area contributed by atoms with Crippen molar-refractivity contribution in [2.45, 2.75) is 51.0 Å². The second-order valence-electron chi connectivity index (χ2n) is 8.39. The third-order valence-corrected chi connectivity index (χ3v) is 7.24. The van der Waals surface area contributed by atoms with Crippen LogP contribution in [0.3, 0.4) is 0 Å². The van der Waals surface area contributed by atoms with Crippen LogP contribution in [0.15, 0.2) is 6.20 Å². The van der Waals surface area contributed by atoms with Gasteiger partial charge in [-0.2, -0.15) is 0 Å². The highest BCUT2D eigenvalue weighted by Crippen LogP contribution is 2.42. The maximum absolute atomic E-state index is 13.1. The summed E-state index contributed by atoms with van der Waals surface area (Å²) < 4.78 is 1.44. The fourth-order valence-electron chi connectivity index (χ4n) is 3.98. The fraction of sp³-hybridized carbons (Fsp3) is 0.550. The average molecular weight is 430 g/mol. The molecular formula is C20H23N5O4S. The first-order valence-electron chi connectivity index (χ1n) is 10.4. The van der Waals surface area contributed by atoms with Gasteiger partial charge in [-0.25, -0.2) is 9.48 Å². The van der Waals surface area contributed by atoms with Gasteiger partial charge in [0.25, 0.3) is 5.91 Å². The van der Waals surface area contributed by atoms with Crippen LogP contribution in [0.1, 0.15) is 69.4 Å². The van der Waals surface area contributed by atoms with Crippen molar-refractivity contribution in [2.24, 2.45) is 11.8 Å². The number of aryl methyl sites for hydroxylation is 1. The van der Waals surface area contributed by atoms with E-state index in [1.165, 1.54) is 22.2 Å². The molecule has 10 heteroatoms. The first kappa shape index (κ1) is 19.2. The lowest BCUT2D eigenvalue weighted by atomic mass is 9.91. The van der Waals surface area contributed by atoms with Crippen LogP contribution in [-0.2, 0) is 17.6 Å². The van der Waals surface area contributed by atoms with Crippen molar-refractivity contribution in [1.29, 1.82) is 0 Å². The zero-order valence-electron chi connectivity index (χ0n) is 16.4. The van der Waals surface area contributed by atoms with E-state index in [0.717, 1.165) is 36.1 Å². The number of nitrogens with zero attached hydrogens (tertiary/aromatic N) is 3. The number of thiophene rings is 1. The van der Waals surface area contributed by atoms with Gasteiger partial charge in [0, 0.05) is 17.3 Å². The Balaban J connectivity index is 1.45. The molecule has 1 atom stereocenters. The maximum Gasteiger partial charge on any atom is 0.355 e. The molecule has 2 saturated carbocycles. The van der Waals surface area contributed by atoms with E-state index in [2.05, 4.69) is 20.9 Å². The normalized spacial score (nSPS) is 20.5. The minimum absolute atomic E-state index is 0.0224. The molecule has 0 bridgehead atoms. The highest BCUT2D eigenvalue weighted by atomic mass is 32.1. The van der Waals surface area contributed by atoms with Crippen LogP contribution in [0.5, 0.6) is 0 Å². The number of aromatic nitrogens is 3. The molecule has 9 nitrogen and oxygen atoms in total. The van der Waals surface area contributed by atoms with Crippen LogP contribution in [0.25, 0.3) is 0 Å². The Hall–Kier alpha value is -2.75. The number of carbonyl (C=O) groups excluding carboxylic acids is 2. The number of carboxylic acids is 1. The zero-order valence-corrected chi connectivity index (χ0v) is 17.2. The molecule has 2 fully saturated rings. The number of hydrogen-bond acceptors (Lipinski definition) is 6. The summed E-state index contributed by atoms with van der Waals surface area (Å²) >= 11 is 1.47. The Morgan fingerprint density at radius 2 is 2.00 bits per heavy atom. The third-order valence-electron chi connectivity index (χ3n) is 6.04. The second-order valence-corrected chi connectivity index (χ2v) is 9.50. The first-order valence-corrected chi connectivity index (χ1v) is 11.2. The van der Waals surface area contributed by atoms with E-state index in [1.807, 2.05) is 0 Å². The summed E-state index contributed by atoms with van der Waals surface area (Å²) in [5, 5.41) is 23.8. The minimum atomic E-state index is -1.07. The molecule has 0 aromatic carbocycles. The van der Waals surface area contributed by atoms with Crippen LogP contribution in [0, 0.1) is 11.8 Å². The number of nitrogens with one attached hydrogen (secondary N) is 2. The number of carboxylic acid groups (broad SMARTS) is 1. The second kappa shape index (κ2) is 7.50. The van der Waals surface area contributed by atoms with E-state index in [0.29, 0.717) is 42.3 Å². The van der Waals surface area contributed by atoms with Crippen molar-refractivity contribution >= 4 is 34.1 Å². The quantitative estimate of drug-likeness (QED) is 0.620. The summed E-state index contributed by atoms with van der Waals surface area (Å²) in [6.45, 7) is 0.648. The van der Waals surface area contributed by atoms with E-state index in [1.54, 1.807) is 0 Å². The van der Waals surface area contributed by atoms with Gasteiger partial charge in [0.15, 0.2) is 5.69 Å². The third kappa shape index (κ3) is 3.71. The summed E-state index contributed by atoms with van der Waals surface area (Å²) in [6, 6.07) is -0.192. The molecule has 0 saturated heterocycles. The van der Waals surface area contributed by atoms with Crippen molar-refractivity contribution in [1.82, 2.24) is 20.3 Å². The van der Waals surface area contributed by atoms with Gasteiger partial charge in [-0.05, 0) is 56.4 Å². The van der Waals surface area contributed by atoms with E-state index >= 15 is 0 Å². The molecule has 5 rings (SSSR count). The number of anilines is 1. The summed E-state index contributed by atoms with van der Waals surface area (Å²) in [5.41, 5.74) is 1.47. The van der Waals surface area contributed by atoms with Gasteiger partial charge < -0.3 is 15.7 Å². The number of amides is 2. The van der Waals surface area contributed by atoms with E-state index in [-0.39, 0.29) is 29.5 Å². The maximum atomic E-state index is 13.1. The molecule has 0 spiro atoms. The SMILES string of the molecule is O=C(NCC1CC1)c1c(NC(=O)C2CC2)sc2c1CC(n1nncc1C(=O)O)CC2. The minimum Gasteiger partial charge on any atom is -0.476 e. The molecule has 2 aromatic heterocycles. The Morgan fingerprint density at radius 3 is 2.70 bits per heavy atom. The van der Waals surface area contributed by atoms with Crippen LogP contribution >= 0.6 is 11.3 Å². The molecule has 1 unspecified atom stereocenters. The van der Waals surface area contributed by atoms with Gasteiger partial charge in [-0.1, -0.05) is 5.21 Å². The Morgan fingerprint density at radius 1 is 1.20 bits per heavy atom. The molecular weight excluding hydrogens is 406 g/mol. The molecule has 3 aliphatic rings. The molecule has 2 heterocycles. The zero-order chi connectivity index (χ0) is 20.8. The van der Waals surface area contributed by atoms with Crippen molar-refractivity contribution in [2.75, 3.05) is 11.9 Å². The first-order chi connectivity index (χ1) is 14.5. The molecule has 3 N–H and O–H groups in total. The molecule has 30 heavy (non-hydrogen) atoms. The topological polar surface area (TPSA) is 126 Å². The fourth-order valence-corrected chi connectivity index (χ4v) is 5.22. The lowest BCUT2D eigenvalue weighted by Gasteiger charge is -2.23. The van der Waals surface area contributed by atoms with Gasteiger partial charge in [-0.15, -0.1) is 16.4 Å². The van der Waals surface area contributed by atoms with Gasteiger partial charge in [0.1, 0.15) is 5.00 Å². The van der Waals surface area contributed by atoms with E-state index in [4.69, 9.17) is 0 Å². The Labute approximate surface area is 176 Å². The molecule has 0 radical (unpaired) electrons. The molecule has 2 aromatic rings. The number of aromatic carboxylic acids is 1. The highest BCUT2D eigenvalue weighted by Gasteiger charge is 2.35. The van der Waals surface area contributed by atoms with Gasteiger partial charge in [0.05, 0.1) is 17.8 Å². The standard InChI is InChI=1S/C20H23N5O4S/c26-17(11-3-4-11)23-19-16(18(27)21-8-10-1-2-10)13-7-12(5-6-15(13)30-19)25-14(20(28)29)9-22-24-25/h9-12H,1-8H2,(H,21,27)(H,23,26)(H,28,29). The van der Waals surface area contributed by atoms with Crippen molar-refractivity contribution in [3.05, 3.63) is 27.9 Å². The van der Waals surface area contributed by atoms with Crippen LogP contribution in [-0.4, -0.2) is 44.4 Å². The largest absolute Gasteiger partial charge is 0.476 e. The molecule has 0 aliphatic heterocycles. The number of rotatable bonds is 7. The van der Waals surface area contributed by atoms with E-state index in [9.17, 15) is 19.5 Å².